The average molecular weight is 275 g/mol. The number of hydrogen-bond acceptors (Lipinski definition) is 3. The highest BCUT2D eigenvalue weighted by Crippen LogP contribution is 2.20. The van der Waals surface area contributed by atoms with Crippen LogP contribution >= 0.6 is 11.3 Å². The molecule has 0 radical (unpaired) electrons. The lowest BCUT2D eigenvalue weighted by molar-refractivity contribution is 0.0940. The Morgan fingerprint density at radius 1 is 1.37 bits per heavy atom. The molecule has 1 aromatic heterocycles. The van der Waals surface area contributed by atoms with E-state index >= 15 is 0 Å². The fraction of sp³-hybridized carbons (Fsp3) is 0.267. The van der Waals surface area contributed by atoms with Crippen molar-refractivity contribution in [2.24, 2.45) is 0 Å². The van der Waals surface area contributed by atoms with Gasteiger partial charge in [0.15, 0.2) is 0 Å². The smallest absolute Gasteiger partial charge is 0.252 e. The first-order valence-corrected chi connectivity index (χ1v) is 6.98. The van der Waals surface area contributed by atoms with Crippen molar-refractivity contribution in [1.29, 1.82) is 0 Å². The van der Waals surface area contributed by atoms with Crippen LogP contribution in [0.25, 0.3) is 0 Å². The van der Waals surface area contributed by atoms with Crippen LogP contribution in [-0.4, -0.2) is 13.0 Å². The van der Waals surface area contributed by atoms with Crippen molar-refractivity contribution >= 4 is 17.2 Å². The third-order valence-corrected chi connectivity index (χ3v) is 3.80. The number of methoxy groups -OCH3 is 1. The Morgan fingerprint density at radius 2 is 2.16 bits per heavy atom. The van der Waals surface area contributed by atoms with Gasteiger partial charge in [0.2, 0.25) is 0 Å². The predicted molar refractivity (Wildman–Crippen MR) is 77.9 cm³/mol. The molecule has 4 heteroatoms. The molecule has 1 atom stereocenters. The average Bonchev–Trinajstić information content (AvgIpc) is 2.85. The number of amides is 1. The van der Waals surface area contributed by atoms with Gasteiger partial charge in [0.1, 0.15) is 5.75 Å². The molecule has 3 nitrogen and oxygen atoms in total. The number of carbonyl (C=O) groups excluding carboxylic acids is 1. The van der Waals surface area contributed by atoms with Crippen LogP contribution in [0.5, 0.6) is 5.75 Å². The molecule has 19 heavy (non-hydrogen) atoms. The molecule has 0 aliphatic heterocycles. The molecule has 0 saturated carbocycles. The number of aryl methyl sites for hydroxylation is 1. The lowest BCUT2D eigenvalue weighted by Gasteiger charge is -2.14. The first kappa shape index (κ1) is 13.6. The molecule has 0 aliphatic rings. The Labute approximate surface area is 117 Å². The van der Waals surface area contributed by atoms with Gasteiger partial charge in [0, 0.05) is 10.3 Å². The molecular formula is C15H17NO2S. The Bertz CT molecular complexity index is 577. The van der Waals surface area contributed by atoms with Gasteiger partial charge in [-0.2, -0.15) is 0 Å². The van der Waals surface area contributed by atoms with Gasteiger partial charge in [-0.15, -0.1) is 11.3 Å². The van der Waals surface area contributed by atoms with Crippen LogP contribution in [0.15, 0.2) is 35.7 Å². The molecule has 100 valence electrons. The van der Waals surface area contributed by atoms with Gasteiger partial charge in [0.05, 0.1) is 18.7 Å². The van der Waals surface area contributed by atoms with E-state index in [4.69, 9.17) is 4.74 Å². The van der Waals surface area contributed by atoms with Crippen LogP contribution in [0.3, 0.4) is 0 Å². The maximum absolute atomic E-state index is 12.1. The lowest BCUT2D eigenvalue weighted by Crippen LogP contribution is -2.26. The second kappa shape index (κ2) is 5.89. The number of nitrogens with one attached hydrogen (secondary N) is 1. The third-order valence-electron chi connectivity index (χ3n) is 2.93. The zero-order chi connectivity index (χ0) is 13.8. The highest BCUT2D eigenvalue weighted by Gasteiger charge is 2.12. The van der Waals surface area contributed by atoms with Crippen LogP contribution in [0.2, 0.25) is 0 Å². The maximum Gasteiger partial charge on any atom is 0.252 e. The summed E-state index contributed by atoms with van der Waals surface area (Å²) in [6.07, 6.45) is 0. The van der Waals surface area contributed by atoms with E-state index in [-0.39, 0.29) is 11.9 Å². The second-order valence-corrected chi connectivity index (χ2v) is 5.53. The van der Waals surface area contributed by atoms with Crippen molar-refractivity contribution in [2.45, 2.75) is 19.9 Å². The number of carbonyl (C=O) groups is 1. The van der Waals surface area contributed by atoms with E-state index in [1.54, 1.807) is 18.4 Å². The number of hydrogen-bond donors (Lipinski definition) is 1. The molecule has 1 aromatic carbocycles. The zero-order valence-corrected chi connectivity index (χ0v) is 12.1. The summed E-state index contributed by atoms with van der Waals surface area (Å²) in [6, 6.07) is 9.57. The Balaban J connectivity index is 2.08. The van der Waals surface area contributed by atoms with E-state index in [9.17, 15) is 4.79 Å². The number of thiophene rings is 1. The van der Waals surface area contributed by atoms with Gasteiger partial charge < -0.3 is 10.1 Å². The van der Waals surface area contributed by atoms with E-state index in [1.807, 2.05) is 49.6 Å². The summed E-state index contributed by atoms with van der Waals surface area (Å²) in [5.41, 5.74) is 1.75. The van der Waals surface area contributed by atoms with Crippen molar-refractivity contribution < 1.29 is 9.53 Å². The topological polar surface area (TPSA) is 38.3 Å². The van der Waals surface area contributed by atoms with E-state index in [1.165, 1.54) is 0 Å². The summed E-state index contributed by atoms with van der Waals surface area (Å²) in [4.78, 5) is 13.2. The molecule has 0 bridgehead atoms. The van der Waals surface area contributed by atoms with Crippen LogP contribution < -0.4 is 10.1 Å². The van der Waals surface area contributed by atoms with Crippen LogP contribution in [0.4, 0.5) is 0 Å². The van der Waals surface area contributed by atoms with Gasteiger partial charge in [-0.05, 0) is 37.6 Å². The largest absolute Gasteiger partial charge is 0.497 e. The summed E-state index contributed by atoms with van der Waals surface area (Å²) in [7, 11) is 1.64. The lowest BCUT2D eigenvalue weighted by atomic mass is 10.1. The molecular weight excluding hydrogens is 258 g/mol. The Morgan fingerprint density at radius 3 is 2.79 bits per heavy atom. The molecule has 1 amide bonds. The van der Waals surface area contributed by atoms with Gasteiger partial charge in [-0.25, -0.2) is 0 Å². The Hall–Kier alpha value is -1.81. The maximum atomic E-state index is 12.1. The number of ether oxygens (including phenoxy) is 1. The minimum atomic E-state index is -0.0530. The summed E-state index contributed by atoms with van der Waals surface area (Å²) < 4.78 is 5.19. The number of rotatable bonds is 4. The fourth-order valence-electron chi connectivity index (χ4n) is 1.84. The zero-order valence-electron chi connectivity index (χ0n) is 11.3. The van der Waals surface area contributed by atoms with Crippen molar-refractivity contribution in [1.82, 2.24) is 5.32 Å². The van der Waals surface area contributed by atoms with E-state index in [0.717, 1.165) is 21.8 Å². The van der Waals surface area contributed by atoms with E-state index < -0.39 is 0 Å². The summed E-state index contributed by atoms with van der Waals surface area (Å²) in [5, 5.41) is 4.87. The molecule has 2 aromatic rings. The van der Waals surface area contributed by atoms with Gasteiger partial charge >= 0.3 is 0 Å². The Kier molecular flexibility index (Phi) is 4.22. The van der Waals surface area contributed by atoms with Crippen molar-refractivity contribution in [3.63, 3.8) is 0 Å². The molecule has 2 rings (SSSR count). The molecule has 0 unspecified atom stereocenters. The van der Waals surface area contributed by atoms with Crippen molar-refractivity contribution in [3.05, 3.63) is 51.7 Å². The molecule has 1 heterocycles. The van der Waals surface area contributed by atoms with Gasteiger partial charge in [-0.1, -0.05) is 12.1 Å². The highest BCUT2D eigenvalue weighted by molar-refractivity contribution is 7.10. The van der Waals surface area contributed by atoms with Crippen LogP contribution in [-0.2, 0) is 0 Å². The summed E-state index contributed by atoms with van der Waals surface area (Å²) in [6.45, 7) is 3.96. The van der Waals surface area contributed by atoms with Crippen molar-refractivity contribution in [2.75, 3.05) is 7.11 Å². The molecule has 0 aliphatic carbocycles. The molecule has 0 saturated heterocycles. The normalized spacial score (nSPS) is 11.9. The SMILES string of the molecule is COc1cccc([C@@H](C)NC(=O)c2csc(C)c2)c1. The van der Waals surface area contributed by atoms with Crippen LogP contribution in [0, 0.1) is 6.92 Å². The van der Waals surface area contributed by atoms with Crippen molar-refractivity contribution in [3.8, 4) is 5.75 Å². The number of benzene rings is 1. The minimum Gasteiger partial charge on any atom is -0.497 e. The fourth-order valence-corrected chi connectivity index (χ4v) is 2.52. The molecule has 0 spiro atoms. The minimum absolute atomic E-state index is 0.0420. The first-order chi connectivity index (χ1) is 9.10. The molecule has 0 fully saturated rings. The predicted octanol–water partition coefficient (Wildman–Crippen LogP) is 3.56. The van der Waals surface area contributed by atoms with E-state index in [2.05, 4.69) is 5.32 Å². The quantitative estimate of drug-likeness (QED) is 0.926. The van der Waals surface area contributed by atoms with E-state index in [0.29, 0.717) is 0 Å². The summed E-state index contributed by atoms with van der Waals surface area (Å²) >= 11 is 1.58. The first-order valence-electron chi connectivity index (χ1n) is 6.10. The summed E-state index contributed by atoms with van der Waals surface area (Å²) in [5.74, 6) is 0.754. The van der Waals surface area contributed by atoms with Crippen LogP contribution in [0.1, 0.15) is 33.8 Å². The monoisotopic (exact) mass is 275 g/mol. The molecule has 1 N–H and O–H groups in total. The van der Waals surface area contributed by atoms with Gasteiger partial charge in [-0.3, -0.25) is 4.79 Å². The van der Waals surface area contributed by atoms with Gasteiger partial charge in [0.25, 0.3) is 5.91 Å². The third kappa shape index (κ3) is 3.35. The highest BCUT2D eigenvalue weighted by atomic mass is 32.1. The standard InChI is InChI=1S/C15H17NO2S/c1-10-7-13(9-19-10)15(17)16-11(2)12-5-4-6-14(8-12)18-3/h4-9,11H,1-3H3,(H,16,17)/t11-/m1/s1. The second-order valence-electron chi connectivity index (χ2n) is 4.42.